The number of aromatic nitrogens is 2. The first-order valence-electron chi connectivity index (χ1n) is 9.30. The van der Waals surface area contributed by atoms with Crippen LogP contribution >= 0.6 is 23.1 Å². The molecule has 3 aromatic rings. The summed E-state index contributed by atoms with van der Waals surface area (Å²) in [7, 11) is 0. The van der Waals surface area contributed by atoms with Crippen molar-refractivity contribution in [3.63, 3.8) is 0 Å². The van der Waals surface area contributed by atoms with Crippen LogP contribution in [0.15, 0.2) is 30.3 Å². The van der Waals surface area contributed by atoms with Gasteiger partial charge in [0.1, 0.15) is 4.83 Å². The van der Waals surface area contributed by atoms with Crippen molar-refractivity contribution in [3.8, 4) is 6.07 Å². The van der Waals surface area contributed by atoms with E-state index in [0.717, 1.165) is 50.0 Å². The van der Waals surface area contributed by atoms with E-state index in [9.17, 15) is 4.79 Å². The number of thiophene rings is 1. The van der Waals surface area contributed by atoms with Crippen molar-refractivity contribution in [2.45, 2.75) is 33.1 Å². The lowest BCUT2D eigenvalue weighted by molar-refractivity contribution is 0.0960. The molecule has 28 heavy (non-hydrogen) atoms. The Morgan fingerprint density at radius 2 is 2.18 bits per heavy atom. The summed E-state index contributed by atoms with van der Waals surface area (Å²) in [6, 6.07) is 11.8. The number of hydrogen-bond donors (Lipinski definition) is 1. The Balaban J connectivity index is 1.53. The number of aryl methyl sites for hydroxylation is 1. The number of hydrogen-bond acceptors (Lipinski definition) is 5. The number of nitrogens with zero attached hydrogens (tertiary/aromatic N) is 3. The molecule has 2 heterocycles. The fraction of sp³-hybridized carbons (Fsp3) is 0.381. The second kappa shape index (κ2) is 9.26. The molecule has 5 nitrogen and oxygen atoms in total. The lowest BCUT2D eigenvalue weighted by Crippen LogP contribution is -2.24. The van der Waals surface area contributed by atoms with Crippen molar-refractivity contribution in [1.82, 2.24) is 15.1 Å². The van der Waals surface area contributed by atoms with Crippen LogP contribution in [0, 0.1) is 24.2 Å². The van der Waals surface area contributed by atoms with Gasteiger partial charge in [-0.1, -0.05) is 32.0 Å². The van der Waals surface area contributed by atoms with Crippen LogP contribution in [0.3, 0.4) is 0 Å². The lowest BCUT2D eigenvalue weighted by atomic mass is 10.1. The standard InChI is InChI=1S/C21H24N4OS2/c1-14(2)12-25-21-18(15(3)24-25)10-19(28-21)20(26)23-8-9-27-13-17-7-5-4-6-16(17)11-22/h4-7,10,14H,8-9,12-13H2,1-3H3,(H,23,26). The average molecular weight is 413 g/mol. The summed E-state index contributed by atoms with van der Waals surface area (Å²) in [5, 5.41) is 17.8. The molecule has 0 bridgehead atoms. The SMILES string of the molecule is Cc1nn(CC(C)C)c2sc(C(=O)NCCSCc3ccccc3C#N)cc12. The molecule has 0 saturated carbocycles. The molecule has 0 saturated heterocycles. The van der Waals surface area contributed by atoms with E-state index in [4.69, 9.17) is 5.26 Å². The summed E-state index contributed by atoms with van der Waals surface area (Å²) in [6.07, 6.45) is 0. The summed E-state index contributed by atoms with van der Waals surface area (Å²) in [5.74, 6) is 2.04. The minimum absolute atomic E-state index is 0.0327. The number of thioether (sulfide) groups is 1. The van der Waals surface area contributed by atoms with Crippen molar-refractivity contribution in [1.29, 1.82) is 5.26 Å². The zero-order chi connectivity index (χ0) is 20.1. The molecule has 1 N–H and O–H groups in total. The monoisotopic (exact) mass is 412 g/mol. The van der Waals surface area contributed by atoms with Crippen molar-refractivity contribution in [2.24, 2.45) is 5.92 Å². The minimum atomic E-state index is -0.0327. The maximum absolute atomic E-state index is 12.5. The number of amides is 1. The molecule has 1 amide bonds. The molecular formula is C21H24N4OS2. The molecule has 0 aliphatic heterocycles. The Morgan fingerprint density at radius 1 is 1.39 bits per heavy atom. The fourth-order valence-corrected chi connectivity index (χ4v) is 4.91. The van der Waals surface area contributed by atoms with E-state index >= 15 is 0 Å². The summed E-state index contributed by atoms with van der Waals surface area (Å²) in [4.78, 5) is 14.3. The largest absolute Gasteiger partial charge is 0.351 e. The van der Waals surface area contributed by atoms with Gasteiger partial charge in [0.25, 0.3) is 5.91 Å². The van der Waals surface area contributed by atoms with Crippen molar-refractivity contribution < 1.29 is 4.79 Å². The predicted molar refractivity (Wildman–Crippen MR) is 117 cm³/mol. The van der Waals surface area contributed by atoms with Crippen molar-refractivity contribution >= 4 is 39.2 Å². The van der Waals surface area contributed by atoms with E-state index in [0.29, 0.717) is 12.5 Å². The van der Waals surface area contributed by atoms with Gasteiger partial charge in [-0.3, -0.25) is 9.48 Å². The highest BCUT2D eigenvalue weighted by Crippen LogP contribution is 2.28. The van der Waals surface area contributed by atoms with Crippen LogP contribution in [0.2, 0.25) is 0 Å². The molecule has 7 heteroatoms. The zero-order valence-corrected chi connectivity index (χ0v) is 18.0. The van der Waals surface area contributed by atoms with Gasteiger partial charge >= 0.3 is 0 Å². The van der Waals surface area contributed by atoms with Crippen LogP contribution < -0.4 is 5.32 Å². The van der Waals surface area contributed by atoms with E-state index in [1.165, 1.54) is 11.3 Å². The number of nitrogens with one attached hydrogen (secondary N) is 1. The summed E-state index contributed by atoms with van der Waals surface area (Å²) in [5.41, 5.74) is 2.73. The first kappa shape index (κ1) is 20.4. The average Bonchev–Trinajstić information content (AvgIpc) is 3.23. The number of rotatable bonds is 8. The molecule has 0 unspecified atom stereocenters. The van der Waals surface area contributed by atoms with E-state index < -0.39 is 0 Å². The molecule has 1 aromatic carbocycles. The Labute approximate surface area is 173 Å². The molecule has 0 spiro atoms. The topological polar surface area (TPSA) is 70.7 Å². The Kier molecular flexibility index (Phi) is 6.76. The van der Waals surface area contributed by atoms with Gasteiger partial charge in [-0.05, 0) is 30.5 Å². The van der Waals surface area contributed by atoms with Crippen molar-refractivity contribution in [2.75, 3.05) is 12.3 Å². The van der Waals surface area contributed by atoms with Gasteiger partial charge in [-0.2, -0.15) is 22.1 Å². The smallest absolute Gasteiger partial charge is 0.261 e. The third kappa shape index (κ3) is 4.75. The third-order valence-electron chi connectivity index (χ3n) is 4.30. The fourth-order valence-electron chi connectivity index (χ4n) is 2.96. The van der Waals surface area contributed by atoms with E-state index in [-0.39, 0.29) is 5.91 Å². The molecule has 2 aromatic heterocycles. The number of benzene rings is 1. The van der Waals surface area contributed by atoms with E-state index in [1.807, 2.05) is 41.9 Å². The molecule has 0 radical (unpaired) electrons. The van der Waals surface area contributed by atoms with Crippen LogP contribution in [0.25, 0.3) is 10.2 Å². The van der Waals surface area contributed by atoms with Crippen LogP contribution in [-0.4, -0.2) is 28.0 Å². The number of carbonyl (C=O) groups is 1. The van der Waals surface area contributed by atoms with E-state index in [2.05, 4.69) is 30.3 Å². The highest BCUT2D eigenvalue weighted by Gasteiger charge is 2.16. The quantitative estimate of drug-likeness (QED) is 0.549. The van der Waals surface area contributed by atoms with Gasteiger partial charge in [0.2, 0.25) is 0 Å². The molecule has 0 fully saturated rings. The van der Waals surface area contributed by atoms with Crippen LogP contribution in [0.1, 0.15) is 40.3 Å². The number of nitriles is 1. The zero-order valence-electron chi connectivity index (χ0n) is 16.4. The van der Waals surface area contributed by atoms with Gasteiger partial charge < -0.3 is 5.32 Å². The number of fused-ring (bicyclic) bond motifs is 1. The molecule has 146 valence electrons. The highest BCUT2D eigenvalue weighted by molar-refractivity contribution is 7.98. The van der Waals surface area contributed by atoms with E-state index in [1.54, 1.807) is 11.8 Å². The van der Waals surface area contributed by atoms with Crippen LogP contribution in [-0.2, 0) is 12.3 Å². The minimum Gasteiger partial charge on any atom is -0.351 e. The number of carbonyl (C=O) groups excluding carboxylic acids is 1. The maximum atomic E-state index is 12.5. The second-order valence-corrected chi connectivity index (χ2v) is 9.20. The lowest BCUT2D eigenvalue weighted by Gasteiger charge is -2.06. The summed E-state index contributed by atoms with van der Waals surface area (Å²) in [6.45, 7) is 7.77. The Bertz CT molecular complexity index is 1010. The molecule has 0 aliphatic rings. The molecular weight excluding hydrogens is 388 g/mol. The third-order valence-corrected chi connectivity index (χ3v) is 6.45. The predicted octanol–water partition coefficient (Wildman–Crippen LogP) is 4.60. The second-order valence-electron chi connectivity index (χ2n) is 7.07. The normalized spacial score (nSPS) is 11.1. The first-order chi connectivity index (χ1) is 13.5. The van der Waals surface area contributed by atoms with Gasteiger partial charge in [-0.15, -0.1) is 11.3 Å². The van der Waals surface area contributed by atoms with Crippen molar-refractivity contribution in [3.05, 3.63) is 52.0 Å². The summed E-state index contributed by atoms with van der Waals surface area (Å²) < 4.78 is 2.01. The summed E-state index contributed by atoms with van der Waals surface area (Å²) >= 11 is 3.22. The Morgan fingerprint density at radius 3 is 2.93 bits per heavy atom. The Hall–Kier alpha value is -2.30. The molecule has 0 aliphatic carbocycles. The van der Waals surface area contributed by atoms with Gasteiger partial charge in [0, 0.05) is 30.0 Å². The van der Waals surface area contributed by atoms with Crippen LogP contribution in [0.5, 0.6) is 0 Å². The van der Waals surface area contributed by atoms with Crippen LogP contribution in [0.4, 0.5) is 0 Å². The van der Waals surface area contributed by atoms with Gasteiger partial charge in [-0.25, -0.2) is 0 Å². The maximum Gasteiger partial charge on any atom is 0.261 e. The molecule has 3 rings (SSSR count). The van der Waals surface area contributed by atoms with Gasteiger partial charge in [0.15, 0.2) is 0 Å². The van der Waals surface area contributed by atoms with Gasteiger partial charge in [0.05, 0.1) is 22.2 Å². The first-order valence-corrected chi connectivity index (χ1v) is 11.3. The molecule has 0 atom stereocenters. The highest BCUT2D eigenvalue weighted by atomic mass is 32.2.